The maximum atomic E-state index is 5.64. The van der Waals surface area contributed by atoms with Crippen molar-refractivity contribution in [2.45, 2.75) is 57.7 Å². The molecule has 3 aliphatic heterocycles. The minimum atomic E-state index is 0.248. The molecule has 3 aliphatic rings. The summed E-state index contributed by atoms with van der Waals surface area (Å²) in [6.07, 6.45) is 2.97. The van der Waals surface area contributed by atoms with E-state index < -0.39 is 0 Å². The molecule has 2 nitrogen and oxygen atoms in total. The van der Waals surface area contributed by atoms with Gasteiger partial charge >= 0.3 is 0 Å². The fourth-order valence-electron chi connectivity index (χ4n) is 2.39. The molecule has 2 heteroatoms. The number of rotatable bonds is 0. The van der Waals surface area contributed by atoms with E-state index in [4.69, 9.17) is 4.84 Å². The monoisotopic (exact) mass is 155 g/mol. The van der Waals surface area contributed by atoms with Crippen LogP contribution in [0.1, 0.15) is 40.5 Å². The Morgan fingerprint density at radius 2 is 1.91 bits per heavy atom. The standard InChI is InChI=1S/C9H17NO/c1-8(2)6-5-7-9(3,4)10(8)11-7/h7H,5-6H2,1-4H3. The first-order chi connectivity index (χ1) is 4.94. The predicted molar refractivity (Wildman–Crippen MR) is 44.1 cm³/mol. The highest BCUT2D eigenvalue weighted by atomic mass is 16.7. The van der Waals surface area contributed by atoms with E-state index in [9.17, 15) is 0 Å². The summed E-state index contributed by atoms with van der Waals surface area (Å²) in [5.74, 6) is 0. The molecule has 2 atom stereocenters. The summed E-state index contributed by atoms with van der Waals surface area (Å²) >= 11 is 0. The van der Waals surface area contributed by atoms with Crippen LogP contribution < -0.4 is 0 Å². The van der Waals surface area contributed by atoms with Crippen molar-refractivity contribution in [2.75, 3.05) is 0 Å². The van der Waals surface area contributed by atoms with Crippen molar-refractivity contribution in [3.63, 3.8) is 0 Å². The fraction of sp³-hybridized carbons (Fsp3) is 1.00. The number of hydrogen-bond donors (Lipinski definition) is 0. The molecule has 0 aliphatic carbocycles. The van der Waals surface area contributed by atoms with Crippen LogP contribution in [-0.4, -0.2) is 22.2 Å². The number of piperidine rings is 1. The molecule has 0 aromatic heterocycles. The maximum absolute atomic E-state index is 5.64. The normalized spacial score (nSPS) is 44.7. The van der Waals surface area contributed by atoms with Crippen LogP contribution in [0.4, 0.5) is 0 Å². The van der Waals surface area contributed by atoms with Gasteiger partial charge in [0.1, 0.15) is 0 Å². The van der Waals surface area contributed by atoms with Gasteiger partial charge in [-0.25, -0.2) is 0 Å². The minimum Gasteiger partial charge on any atom is -0.293 e. The molecular formula is C9H17NO. The third-order valence-electron chi connectivity index (χ3n) is 3.11. The first-order valence-electron chi connectivity index (χ1n) is 4.42. The fourth-order valence-corrected chi connectivity index (χ4v) is 2.39. The first-order valence-corrected chi connectivity index (χ1v) is 4.42. The van der Waals surface area contributed by atoms with E-state index in [1.165, 1.54) is 12.8 Å². The van der Waals surface area contributed by atoms with Crippen molar-refractivity contribution in [3.8, 4) is 0 Å². The van der Waals surface area contributed by atoms with Crippen molar-refractivity contribution in [1.82, 2.24) is 5.06 Å². The van der Waals surface area contributed by atoms with Crippen molar-refractivity contribution in [3.05, 3.63) is 0 Å². The summed E-state index contributed by atoms with van der Waals surface area (Å²) in [7, 11) is 0. The lowest BCUT2D eigenvalue weighted by Crippen LogP contribution is -2.75. The van der Waals surface area contributed by atoms with E-state index in [1.54, 1.807) is 0 Å². The van der Waals surface area contributed by atoms with Crippen LogP contribution in [0.2, 0.25) is 0 Å². The highest BCUT2D eigenvalue weighted by molar-refractivity contribution is 5.04. The minimum absolute atomic E-state index is 0.248. The summed E-state index contributed by atoms with van der Waals surface area (Å²) in [5, 5.41) is 2.16. The van der Waals surface area contributed by atoms with Crippen LogP contribution in [0.3, 0.4) is 0 Å². The lowest BCUT2D eigenvalue weighted by atomic mass is 9.77. The Morgan fingerprint density at radius 1 is 1.27 bits per heavy atom. The van der Waals surface area contributed by atoms with Crippen LogP contribution >= 0.6 is 0 Å². The van der Waals surface area contributed by atoms with Crippen molar-refractivity contribution in [1.29, 1.82) is 0 Å². The topological polar surface area (TPSA) is 12.5 Å². The molecule has 3 fully saturated rings. The zero-order chi connectivity index (χ0) is 8.28. The summed E-state index contributed by atoms with van der Waals surface area (Å²) in [4.78, 5) is 5.64. The van der Waals surface area contributed by atoms with Crippen LogP contribution in [0.5, 0.6) is 0 Å². The van der Waals surface area contributed by atoms with E-state index in [1.807, 2.05) is 0 Å². The van der Waals surface area contributed by atoms with Gasteiger partial charge in [-0.15, -0.1) is 0 Å². The van der Waals surface area contributed by atoms with E-state index in [2.05, 4.69) is 32.8 Å². The molecule has 64 valence electrons. The van der Waals surface area contributed by atoms with Gasteiger partial charge in [0, 0.05) is 5.54 Å². The number of fused-ring (bicyclic) bond motifs is 2. The molecule has 3 saturated heterocycles. The second kappa shape index (κ2) is 1.80. The smallest absolute Gasteiger partial charge is 0.0995 e. The predicted octanol–water partition coefficient (Wildman–Crippen LogP) is 1.95. The molecule has 2 bridgehead atoms. The second-order valence-corrected chi connectivity index (χ2v) is 4.89. The van der Waals surface area contributed by atoms with Crippen molar-refractivity contribution in [2.24, 2.45) is 0 Å². The molecule has 2 unspecified atom stereocenters. The van der Waals surface area contributed by atoms with Crippen molar-refractivity contribution < 1.29 is 4.84 Å². The quantitative estimate of drug-likeness (QED) is 0.530. The van der Waals surface area contributed by atoms with Crippen LogP contribution in [0.25, 0.3) is 0 Å². The second-order valence-electron chi connectivity index (χ2n) is 4.89. The van der Waals surface area contributed by atoms with Crippen LogP contribution in [0, 0.1) is 0 Å². The highest BCUT2D eigenvalue weighted by Crippen LogP contribution is 2.48. The molecule has 0 amide bonds. The Bertz CT molecular complexity index is 176. The van der Waals surface area contributed by atoms with Gasteiger partial charge in [-0.2, -0.15) is 5.06 Å². The van der Waals surface area contributed by atoms with Gasteiger partial charge < -0.3 is 0 Å². The molecule has 0 radical (unpaired) electrons. The number of nitrogens with zero attached hydrogens (tertiary/aromatic N) is 1. The molecule has 11 heavy (non-hydrogen) atoms. The Balaban J connectivity index is 2.23. The maximum Gasteiger partial charge on any atom is 0.0995 e. The Kier molecular flexibility index (Phi) is 1.24. The van der Waals surface area contributed by atoms with E-state index in [-0.39, 0.29) is 11.1 Å². The van der Waals surface area contributed by atoms with Crippen molar-refractivity contribution >= 4 is 0 Å². The molecule has 0 spiro atoms. The highest BCUT2D eigenvalue weighted by Gasteiger charge is 2.57. The average Bonchev–Trinajstić information content (AvgIpc) is 1.84. The number of hydrogen-bond acceptors (Lipinski definition) is 2. The summed E-state index contributed by atoms with van der Waals surface area (Å²) in [5.41, 5.74) is 0.528. The van der Waals surface area contributed by atoms with E-state index >= 15 is 0 Å². The summed E-state index contributed by atoms with van der Waals surface area (Å²) in [6, 6.07) is 0. The molecular weight excluding hydrogens is 138 g/mol. The molecule has 0 N–H and O–H groups in total. The molecule has 3 heterocycles. The molecule has 3 rings (SSSR count). The third-order valence-corrected chi connectivity index (χ3v) is 3.11. The Labute approximate surface area is 68.5 Å². The van der Waals surface area contributed by atoms with Gasteiger partial charge in [0.2, 0.25) is 0 Å². The van der Waals surface area contributed by atoms with Gasteiger partial charge in [-0.3, -0.25) is 4.84 Å². The van der Waals surface area contributed by atoms with Gasteiger partial charge in [-0.05, 0) is 40.5 Å². The molecule has 0 saturated carbocycles. The lowest BCUT2D eigenvalue weighted by molar-refractivity contribution is -0.433. The first kappa shape index (κ1) is 7.56. The average molecular weight is 155 g/mol. The molecule has 0 aromatic rings. The van der Waals surface area contributed by atoms with E-state index in [0.717, 1.165) is 0 Å². The zero-order valence-corrected chi connectivity index (χ0v) is 7.85. The lowest BCUT2D eigenvalue weighted by Gasteiger charge is -2.64. The molecule has 0 aromatic carbocycles. The van der Waals surface area contributed by atoms with Gasteiger partial charge in [0.15, 0.2) is 0 Å². The van der Waals surface area contributed by atoms with Crippen LogP contribution in [-0.2, 0) is 4.84 Å². The Hall–Kier alpha value is -0.0800. The van der Waals surface area contributed by atoms with Crippen LogP contribution in [0.15, 0.2) is 0 Å². The van der Waals surface area contributed by atoms with E-state index in [0.29, 0.717) is 6.10 Å². The SMILES string of the molecule is CC1(C)CCC2ON1C2(C)C. The van der Waals surface area contributed by atoms with Gasteiger partial charge in [0.25, 0.3) is 0 Å². The van der Waals surface area contributed by atoms with Gasteiger partial charge in [0.05, 0.1) is 11.6 Å². The number of hydroxylamine groups is 2. The Morgan fingerprint density at radius 3 is 2.18 bits per heavy atom. The summed E-state index contributed by atoms with van der Waals surface area (Å²) in [6.45, 7) is 9.04. The summed E-state index contributed by atoms with van der Waals surface area (Å²) < 4.78 is 0. The zero-order valence-electron chi connectivity index (χ0n) is 7.85. The largest absolute Gasteiger partial charge is 0.293 e. The third kappa shape index (κ3) is 0.798. The van der Waals surface area contributed by atoms with Gasteiger partial charge in [-0.1, -0.05) is 0 Å².